The van der Waals surface area contributed by atoms with Gasteiger partial charge in [-0.05, 0) is 39.8 Å². The predicted octanol–water partition coefficient (Wildman–Crippen LogP) is 2.47. The van der Waals surface area contributed by atoms with Crippen molar-refractivity contribution in [2.24, 2.45) is 5.73 Å². The number of sulfonamides is 1. The number of rotatable bonds is 8. The molecule has 6 heteroatoms. The molecule has 120 valence electrons. The number of hydrogen-bond acceptors (Lipinski definition) is 4. The maximum Gasteiger partial charge on any atom is 0.213 e. The molecule has 3 N–H and O–H groups in total. The summed E-state index contributed by atoms with van der Waals surface area (Å²) in [7, 11) is -3.30. The van der Waals surface area contributed by atoms with Crippen molar-refractivity contribution in [2.45, 2.75) is 19.2 Å². The van der Waals surface area contributed by atoms with Gasteiger partial charge in [0.15, 0.2) is 0 Å². The quantitative estimate of drug-likeness (QED) is 0.775. The van der Waals surface area contributed by atoms with Crippen molar-refractivity contribution < 1.29 is 8.42 Å². The minimum absolute atomic E-state index is 0.0420. The van der Waals surface area contributed by atoms with Gasteiger partial charge in [0.2, 0.25) is 10.0 Å². The highest BCUT2D eigenvalue weighted by molar-refractivity contribution is 7.98. The lowest BCUT2D eigenvalue weighted by atomic mass is 10.0. The van der Waals surface area contributed by atoms with Gasteiger partial charge >= 0.3 is 0 Å². The molecule has 0 aromatic heterocycles. The fourth-order valence-electron chi connectivity index (χ4n) is 2.26. The first-order valence-corrected chi connectivity index (χ1v) is 10.1. The van der Waals surface area contributed by atoms with Gasteiger partial charge in [-0.2, -0.15) is 11.8 Å². The maximum absolute atomic E-state index is 11.8. The highest BCUT2D eigenvalue weighted by atomic mass is 32.2. The van der Waals surface area contributed by atoms with E-state index in [0.717, 1.165) is 22.5 Å². The van der Waals surface area contributed by atoms with E-state index in [4.69, 9.17) is 5.73 Å². The van der Waals surface area contributed by atoms with Crippen LogP contribution in [0.1, 0.15) is 18.1 Å². The summed E-state index contributed by atoms with van der Waals surface area (Å²) in [6.07, 6.45) is 0. The molecule has 0 radical (unpaired) electrons. The van der Waals surface area contributed by atoms with E-state index in [-0.39, 0.29) is 12.3 Å². The number of thioether (sulfide) groups is 1. The molecule has 2 rings (SSSR count). The molecule has 0 saturated carbocycles. The molecule has 0 spiro atoms. The van der Waals surface area contributed by atoms with E-state index >= 15 is 0 Å². The van der Waals surface area contributed by atoms with Crippen LogP contribution in [-0.4, -0.2) is 26.5 Å². The van der Waals surface area contributed by atoms with Gasteiger partial charge in [0.1, 0.15) is 0 Å². The Morgan fingerprint density at radius 1 is 1.14 bits per heavy atom. The minimum Gasteiger partial charge on any atom is -0.329 e. The van der Waals surface area contributed by atoms with Crippen LogP contribution < -0.4 is 10.5 Å². The summed E-state index contributed by atoms with van der Waals surface area (Å²) >= 11 is 1.83. The van der Waals surface area contributed by atoms with E-state index in [1.54, 1.807) is 0 Å². The highest BCUT2D eigenvalue weighted by Crippen LogP contribution is 2.24. The molecule has 2 aromatic carbocycles. The monoisotopic (exact) mass is 338 g/mol. The van der Waals surface area contributed by atoms with Gasteiger partial charge in [-0.1, -0.05) is 31.2 Å². The van der Waals surface area contributed by atoms with Gasteiger partial charge in [-0.3, -0.25) is 0 Å². The van der Waals surface area contributed by atoms with E-state index in [0.29, 0.717) is 6.54 Å². The van der Waals surface area contributed by atoms with E-state index in [2.05, 4.69) is 29.8 Å². The van der Waals surface area contributed by atoms with Gasteiger partial charge in [0.25, 0.3) is 0 Å². The number of nitrogens with one attached hydrogen (secondary N) is 1. The third kappa shape index (κ3) is 4.71. The van der Waals surface area contributed by atoms with Crippen LogP contribution in [0.5, 0.6) is 0 Å². The van der Waals surface area contributed by atoms with Gasteiger partial charge in [0.05, 0.1) is 5.75 Å². The van der Waals surface area contributed by atoms with Crippen molar-refractivity contribution in [3.05, 3.63) is 47.5 Å². The molecule has 0 atom stereocenters. The fourth-order valence-corrected chi connectivity index (χ4v) is 3.78. The number of fused-ring (bicyclic) bond motifs is 1. The minimum atomic E-state index is -3.30. The van der Waals surface area contributed by atoms with Crippen LogP contribution in [0.25, 0.3) is 10.8 Å². The Kier molecular flexibility index (Phi) is 6.26. The fraction of sp³-hybridized carbons (Fsp3) is 0.375. The molecule has 0 aliphatic carbocycles. The van der Waals surface area contributed by atoms with Gasteiger partial charge in [-0.25, -0.2) is 13.1 Å². The summed E-state index contributed by atoms with van der Waals surface area (Å²) in [6.45, 7) is 2.56. The van der Waals surface area contributed by atoms with Crippen LogP contribution in [0.2, 0.25) is 0 Å². The standard InChI is InChI=1S/C16H22N2O2S2/c1-2-21-12-16-10-14-6-4-3-5-13(14)9-15(16)11-18-22(19,20)8-7-17/h3-6,9-10,18H,2,7-8,11-12,17H2,1H3. The summed E-state index contributed by atoms with van der Waals surface area (Å²) in [4.78, 5) is 0. The summed E-state index contributed by atoms with van der Waals surface area (Å²) in [6, 6.07) is 12.4. The van der Waals surface area contributed by atoms with Crippen LogP contribution >= 0.6 is 11.8 Å². The second-order valence-corrected chi connectivity index (χ2v) is 8.23. The Morgan fingerprint density at radius 2 is 1.77 bits per heavy atom. The Hall–Kier alpha value is -1.08. The maximum atomic E-state index is 11.8. The van der Waals surface area contributed by atoms with E-state index in [1.807, 2.05) is 30.0 Å². The molecule has 0 amide bonds. The SMILES string of the molecule is CCSCc1cc2ccccc2cc1CNS(=O)(=O)CCN. The Morgan fingerprint density at radius 3 is 2.36 bits per heavy atom. The largest absolute Gasteiger partial charge is 0.329 e. The zero-order valence-electron chi connectivity index (χ0n) is 12.7. The zero-order chi connectivity index (χ0) is 16.0. The molecular formula is C16H22N2O2S2. The van der Waals surface area contributed by atoms with Crippen molar-refractivity contribution in [2.75, 3.05) is 18.1 Å². The first-order chi connectivity index (χ1) is 10.6. The second-order valence-electron chi connectivity index (χ2n) is 5.03. The van der Waals surface area contributed by atoms with E-state index in [1.165, 1.54) is 10.9 Å². The Balaban J connectivity index is 2.28. The topological polar surface area (TPSA) is 72.2 Å². The van der Waals surface area contributed by atoms with Crippen molar-refractivity contribution >= 4 is 32.6 Å². The summed E-state index contributed by atoms with van der Waals surface area (Å²) in [5.41, 5.74) is 7.54. The lowest BCUT2D eigenvalue weighted by molar-refractivity contribution is 0.581. The molecule has 0 saturated heterocycles. The molecule has 0 bridgehead atoms. The van der Waals surface area contributed by atoms with Crippen molar-refractivity contribution in [3.8, 4) is 0 Å². The van der Waals surface area contributed by atoms with Gasteiger partial charge in [0, 0.05) is 18.8 Å². The van der Waals surface area contributed by atoms with Crippen molar-refractivity contribution in [3.63, 3.8) is 0 Å². The lowest BCUT2D eigenvalue weighted by Gasteiger charge is -2.12. The average molecular weight is 338 g/mol. The average Bonchev–Trinajstić information content (AvgIpc) is 2.50. The van der Waals surface area contributed by atoms with E-state index < -0.39 is 10.0 Å². The molecule has 2 aromatic rings. The smallest absolute Gasteiger partial charge is 0.213 e. The lowest BCUT2D eigenvalue weighted by Crippen LogP contribution is -2.29. The highest BCUT2D eigenvalue weighted by Gasteiger charge is 2.11. The summed E-state index contributed by atoms with van der Waals surface area (Å²) < 4.78 is 26.2. The molecule has 0 heterocycles. The molecular weight excluding hydrogens is 316 g/mol. The molecule has 0 aliphatic rings. The Labute approximate surface area is 136 Å². The third-order valence-electron chi connectivity index (χ3n) is 3.40. The number of benzene rings is 2. The first kappa shape index (κ1) is 17.3. The van der Waals surface area contributed by atoms with Crippen LogP contribution in [0.4, 0.5) is 0 Å². The summed E-state index contributed by atoms with van der Waals surface area (Å²) in [5.74, 6) is 1.88. The normalized spacial score (nSPS) is 11.9. The van der Waals surface area contributed by atoms with Gasteiger partial charge in [-0.15, -0.1) is 0 Å². The van der Waals surface area contributed by atoms with Crippen LogP contribution in [0, 0.1) is 0 Å². The van der Waals surface area contributed by atoms with Crippen LogP contribution in [0.15, 0.2) is 36.4 Å². The van der Waals surface area contributed by atoms with Crippen LogP contribution in [0.3, 0.4) is 0 Å². The number of hydrogen-bond donors (Lipinski definition) is 2. The van der Waals surface area contributed by atoms with E-state index in [9.17, 15) is 8.42 Å². The van der Waals surface area contributed by atoms with Crippen LogP contribution in [-0.2, 0) is 22.3 Å². The Bertz CT molecular complexity index is 730. The predicted molar refractivity (Wildman–Crippen MR) is 95.5 cm³/mol. The molecule has 4 nitrogen and oxygen atoms in total. The first-order valence-electron chi connectivity index (χ1n) is 7.31. The van der Waals surface area contributed by atoms with Crippen molar-refractivity contribution in [1.82, 2.24) is 4.72 Å². The molecule has 22 heavy (non-hydrogen) atoms. The van der Waals surface area contributed by atoms with Crippen molar-refractivity contribution in [1.29, 1.82) is 0 Å². The molecule has 0 fully saturated rings. The second kappa shape index (κ2) is 7.97. The molecule has 0 unspecified atom stereocenters. The zero-order valence-corrected chi connectivity index (χ0v) is 14.3. The number of nitrogens with two attached hydrogens (primary N) is 1. The third-order valence-corrected chi connectivity index (χ3v) is 5.68. The summed E-state index contributed by atoms with van der Waals surface area (Å²) in [5, 5.41) is 2.31. The van der Waals surface area contributed by atoms with Gasteiger partial charge < -0.3 is 5.73 Å². The molecule has 0 aliphatic heterocycles.